The number of aromatic nitrogens is 1. The minimum Gasteiger partial charge on any atom is -0.497 e. The third-order valence-electron chi connectivity index (χ3n) is 4.67. The molecule has 0 aliphatic carbocycles. The molecule has 5 nitrogen and oxygen atoms in total. The fraction of sp³-hybridized carbons (Fsp3) is 0.300. The number of rotatable bonds is 5. The summed E-state index contributed by atoms with van der Waals surface area (Å²) in [4.78, 5) is 22.9. The van der Waals surface area contributed by atoms with Crippen LogP contribution < -0.4 is 4.74 Å². The average Bonchev–Trinajstić information content (AvgIpc) is 3.40. The van der Waals surface area contributed by atoms with Crippen LogP contribution in [0.4, 0.5) is 0 Å². The first kappa shape index (κ1) is 18.2. The molecule has 0 atom stereocenters. The lowest BCUT2D eigenvalue weighted by atomic mass is 10.1. The van der Waals surface area contributed by atoms with Gasteiger partial charge in [0.25, 0.3) is 5.91 Å². The second kappa shape index (κ2) is 8.21. The molecule has 0 bridgehead atoms. The number of hydrogen-bond donors (Lipinski definition) is 0. The summed E-state index contributed by atoms with van der Waals surface area (Å²) < 4.78 is 5.15. The standard InChI is InChI=1S/C20H21N3O2S2/c1-25-17-6-4-15(5-7-17)20(24)23-10-8-22(9-11-23)13-16-14-27-19(21-16)18-3-2-12-26-18/h2-7,12,14H,8-11,13H2,1H3. The molecular weight excluding hydrogens is 378 g/mol. The quantitative estimate of drug-likeness (QED) is 0.654. The van der Waals surface area contributed by atoms with Crippen molar-refractivity contribution in [1.29, 1.82) is 0 Å². The Morgan fingerprint density at radius 2 is 1.89 bits per heavy atom. The number of carbonyl (C=O) groups is 1. The van der Waals surface area contributed by atoms with E-state index in [1.165, 1.54) is 4.88 Å². The van der Waals surface area contributed by atoms with Crippen molar-refractivity contribution in [2.75, 3.05) is 33.3 Å². The number of thiazole rings is 1. The molecule has 2 aromatic heterocycles. The van der Waals surface area contributed by atoms with E-state index in [0.29, 0.717) is 5.56 Å². The second-order valence-electron chi connectivity index (χ2n) is 6.42. The van der Waals surface area contributed by atoms with Crippen molar-refractivity contribution in [2.24, 2.45) is 0 Å². The molecular formula is C20H21N3O2S2. The van der Waals surface area contributed by atoms with E-state index in [4.69, 9.17) is 9.72 Å². The van der Waals surface area contributed by atoms with Gasteiger partial charge in [0.15, 0.2) is 0 Å². The van der Waals surface area contributed by atoms with Gasteiger partial charge < -0.3 is 9.64 Å². The van der Waals surface area contributed by atoms with Crippen molar-refractivity contribution in [3.8, 4) is 15.6 Å². The summed E-state index contributed by atoms with van der Waals surface area (Å²) in [5, 5.41) is 5.31. The van der Waals surface area contributed by atoms with Crippen molar-refractivity contribution in [3.05, 3.63) is 58.4 Å². The molecule has 1 fully saturated rings. The molecule has 1 aliphatic rings. The zero-order chi connectivity index (χ0) is 18.6. The molecule has 3 aromatic rings. The molecule has 0 spiro atoms. The van der Waals surface area contributed by atoms with E-state index < -0.39 is 0 Å². The summed E-state index contributed by atoms with van der Waals surface area (Å²) in [5.41, 5.74) is 1.82. The van der Waals surface area contributed by atoms with Crippen LogP contribution in [0.1, 0.15) is 16.1 Å². The maximum atomic E-state index is 12.7. The van der Waals surface area contributed by atoms with Gasteiger partial charge in [-0.25, -0.2) is 4.98 Å². The first-order valence-corrected chi connectivity index (χ1v) is 10.6. The van der Waals surface area contributed by atoms with Gasteiger partial charge in [0.2, 0.25) is 0 Å². The molecule has 7 heteroatoms. The van der Waals surface area contributed by atoms with Gasteiger partial charge >= 0.3 is 0 Å². The number of hydrogen-bond acceptors (Lipinski definition) is 6. The van der Waals surface area contributed by atoms with Crippen LogP contribution in [-0.2, 0) is 6.54 Å². The molecule has 0 saturated carbocycles. The summed E-state index contributed by atoms with van der Waals surface area (Å²) in [6.07, 6.45) is 0. The minimum atomic E-state index is 0.0888. The van der Waals surface area contributed by atoms with E-state index in [-0.39, 0.29) is 5.91 Å². The van der Waals surface area contributed by atoms with Crippen LogP contribution in [-0.4, -0.2) is 54.0 Å². The van der Waals surface area contributed by atoms with Crippen molar-refractivity contribution in [3.63, 3.8) is 0 Å². The monoisotopic (exact) mass is 399 g/mol. The molecule has 0 radical (unpaired) electrons. The van der Waals surface area contributed by atoms with Crippen LogP contribution in [0.2, 0.25) is 0 Å². The van der Waals surface area contributed by atoms with Gasteiger partial charge in [-0.1, -0.05) is 6.07 Å². The Balaban J connectivity index is 1.31. The van der Waals surface area contributed by atoms with Gasteiger partial charge in [-0.3, -0.25) is 9.69 Å². The lowest BCUT2D eigenvalue weighted by molar-refractivity contribution is 0.0627. The Kier molecular flexibility index (Phi) is 5.52. The van der Waals surface area contributed by atoms with Crippen molar-refractivity contribution in [1.82, 2.24) is 14.8 Å². The Hall–Kier alpha value is -2.22. The maximum absolute atomic E-state index is 12.7. The Bertz CT molecular complexity index is 882. The first-order valence-electron chi connectivity index (χ1n) is 8.87. The summed E-state index contributed by atoms with van der Waals surface area (Å²) in [5.74, 6) is 0.854. The lowest BCUT2D eigenvalue weighted by Gasteiger charge is -2.34. The molecule has 1 aromatic carbocycles. The largest absolute Gasteiger partial charge is 0.497 e. The first-order chi connectivity index (χ1) is 13.2. The Morgan fingerprint density at radius 3 is 2.56 bits per heavy atom. The Morgan fingerprint density at radius 1 is 1.11 bits per heavy atom. The molecule has 0 unspecified atom stereocenters. The lowest BCUT2D eigenvalue weighted by Crippen LogP contribution is -2.48. The third-order valence-corrected chi connectivity index (χ3v) is 6.60. The summed E-state index contributed by atoms with van der Waals surface area (Å²) in [7, 11) is 1.63. The molecule has 0 N–H and O–H groups in total. The van der Waals surface area contributed by atoms with Crippen LogP contribution in [0.3, 0.4) is 0 Å². The van der Waals surface area contributed by atoms with Gasteiger partial charge in [0.05, 0.1) is 17.7 Å². The number of methoxy groups -OCH3 is 1. The molecule has 140 valence electrons. The highest BCUT2D eigenvalue weighted by atomic mass is 32.1. The van der Waals surface area contributed by atoms with E-state index >= 15 is 0 Å². The zero-order valence-corrected chi connectivity index (χ0v) is 16.8. The van der Waals surface area contributed by atoms with Crippen LogP contribution in [0.25, 0.3) is 9.88 Å². The highest BCUT2D eigenvalue weighted by Crippen LogP contribution is 2.28. The van der Waals surface area contributed by atoms with E-state index in [1.54, 1.807) is 29.8 Å². The van der Waals surface area contributed by atoms with E-state index in [0.717, 1.165) is 49.2 Å². The summed E-state index contributed by atoms with van der Waals surface area (Å²) in [6.45, 7) is 4.06. The second-order valence-corrected chi connectivity index (χ2v) is 8.22. The molecule has 4 rings (SSSR count). The predicted octanol–water partition coefficient (Wildman–Crippen LogP) is 3.84. The number of ether oxygens (including phenoxy) is 1. The van der Waals surface area contributed by atoms with E-state index in [2.05, 4.69) is 27.8 Å². The van der Waals surface area contributed by atoms with Gasteiger partial charge in [0, 0.05) is 43.7 Å². The van der Waals surface area contributed by atoms with Gasteiger partial charge in [0.1, 0.15) is 10.8 Å². The highest BCUT2D eigenvalue weighted by Gasteiger charge is 2.22. The molecule has 1 saturated heterocycles. The SMILES string of the molecule is COc1ccc(C(=O)N2CCN(Cc3csc(-c4cccs4)n3)CC2)cc1. The number of amides is 1. The zero-order valence-electron chi connectivity index (χ0n) is 15.1. The predicted molar refractivity (Wildman–Crippen MR) is 110 cm³/mol. The fourth-order valence-corrected chi connectivity index (χ4v) is 4.77. The number of benzene rings is 1. The maximum Gasteiger partial charge on any atom is 0.253 e. The Labute approximate surface area is 166 Å². The minimum absolute atomic E-state index is 0.0888. The van der Waals surface area contributed by atoms with Crippen LogP contribution in [0.15, 0.2) is 47.2 Å². The number of carbonyl (C=O) groups excluding carboxylic acids is 1. The van der Waals surface area contributed by atoms with Crippen LogP contribution >= 0.6 is 22.7 Å². The van der Waals surface area contributed by atoms with Gasteiger partial charge in [-0.05, 0) is 35.7 Å². The summed E-state index contributed by atoms with van der Waals surface area (Å²) >= 11 is 3.42. The smallest absolute Gasteiger partial charge is 0.253 e. The molecule has 1 aliphatic heterocycles. The van der Waals surface area contributed by atoms with Crippen molar-refractivity contribution < 1.29 is 9.53 Å². The average molecular weight is 400 g/mol. The highest BCUT2D eigenvalue weighted by molar-refractivity contribution is 7.20. The molecule has 3 heterocycles. The topological polar surface area (TPSA) is 45.7 Å². The summed E-state index contributed by atoms with van der Waals surface area (Å²) in [6, 6.07) is 11.5. The number of thiophene rings is 1. The van der Waals surface area contributed by atoms with Gasteiger partial charge in [-0.15, -0.1) is 22.7 Å². The van der Waals surface area contributed by atoms with Crippen LogP contribution in [0.5, 0.6) is 5.75 Å². The van der Waals surface area contributed by atoms with Gasteiger partial charge in [-0.2, -0.15) is 0 Å². The molecule has 1 amide bonds. The molecule has 27 heavy (non-hydrogen) atoms. The van der Waals surface area contributed by atoms with E-state index in [9.17, 15) is 4.79 Å². The van der Waals surface area contributed by atoms with E-state index in [1.807, 2.05) is 29.2 Å². The van der Waals surface area contributed by atoms with Crippen molar-refractivity contribution >= 4 is 28.6 Å². The number of piperazine rings is 1. The number of nitrogens with zero attached hydrogens (tertiary/aromatic N) is 3. The van der Waals surface area contributed by atoms with Crippen molar-refractivity contribution in [2.45, 2.75) is 6.54 Å². The fourth-order valence-electron chi connectivity index (χ4n) is 3.15. The van der Waals surface area contributed by atoms with Crippen LogP contribution in [0, 0.1) is 0 Å². The normalized spacial score (nSPS) is 15.1. The third kappa shape index (κ3) is 4.21.